The van der Waals surface area contributed by atoms with Gasteiger partial charge in [-0.2, -0.15) is 18.2 Å². The SMILES string of the molecule is NNc1nc(NCC2CCCC(O)C2)cc(C(F)(F)F)n1. The van der Waals surface area contributed by atoms with Crippen molar-refractivity contribution in [3.05, 3.63) is 11.8 Å². The van der Waals surface area contributed by atoms with Gasteiger partial charge in [0, 0.05) is 12.6 Å². The minimum absolute atomic E-state index is 0.0605. The van der Waals surface area contributed by atoms with E-state index in [1.165, 1.54) is 0 Å². The van der Waals surface area contributed by atoms with E-state index in [0.29, 0.717) is 13.0 Å². The Balaban J connectivity index is 2.05. The van der Waals surface area contributed by atoms with Gasteiger partial charge in [-0.3, -0.25) is 5.43 Å². The van der Waals surface area contributed by atoms with Gasteiger partial charge < -0.3 is 10.4 Å². The molecule has 0 aromatic carbocycles. The largest absolute Gasteiger partial charge is 0.433 e. The predicted molar refractivity (Wildman–Crippen MR) is 71.3 cm³/mol. The molecule has 0 spiro atoms. The highest BCUT2D eigenvalue weighted by molar-refractivity contribution is 5.42. The Bertz CT molecular complexity index is 482. The number of nitrogens with one attached hydrogen (secondary N) is 2. The topological polar surface area (TPSA) is 96.1 Å². The number of aliphatic hydroxyl groups is 1. The minimum Gasteiger partial charge on any atom is -0.393 e. The number of hydrogen-bond donors (Lipinski definition) is 4. The van der Waals surface area contributed by atoms with Gasteiger partial charge in [-0.15, -0.1) is 0 Å². The first-order valence-corrected chi connectivity index (χ1v) is 6.73. The van der Waals surface area contributed by atoms with E-state index in [2.05, 4.69) is 15.3 Å². The van der Waals surface area contributed by atoms with Crippen molar-refractivity contribution >= 4 is 11.8 Å². The number of anilines is 2. The summed E-state index contributed by atoms with van der Waals surface area (Å²) in [5.41, 5.74) is 0.964. The third-order valence-electron chi connectivity index (χ3n) is 3.47. The lowest BCUT2D eigenvalue weighted by molar-refractivity contribution is -0.141. The first-order valence-electron chi connectivity index (χ1n) is 6.73. The number of nitrogens with zero attached hydrogens (tertiary/aromatic N) is 2. The third-order valence-corrected chi connectivity index (χ3v) is 3.47. The van der Waals surface area contributed by atoms with E-state index in [4.69, 9.17) is 5.84 Å². The Labute approximate surface area is 119 Å². The van der Waals surface area contributed by atoms with Gasteiger partial charge in [0.1, 0.15) is 5.82 Å². The second-order valence-corrected chi connectivity index (χ2v) is 5.17. The summed E-state index contributed by atoms with van der Waals surface area (Å²) in [6, 6.07) is 0.847. The summed E-state index contributed by atoms with van der Waals surface area (Å²) < 4.78 is 38.1. The van der Waals surface area contributed by atoms with Gasteiger partial charge in [-0.25, -0.2) is 10.8 Å². The number of rotatable bonds is 4. The third kappa shape index (κ3) is 4.43. The van der Waals surface area contributed by atoms with Gasteiger partial charge in [0.25, 0.3) is 0 Å². The molecule has 1 saturated carbocycles. The van der Waals surface area contributed by atoms with Crippen LogP contribution in [0.4, 0.5) is 24.9 Å². The molecular formula is C12H18F3N5O. The molecule has 1 aliphatic rings. The van der Waals surface area contributed by atoms with Crippen LogP contribution in [0, 0.1) is 5.92 Å². The molecule has 2 unspecified atom stereocenters. The maximum Gasteiger partial charge on any atom is 0.433 e. The monoisotopic (exact) mass is 305 g/mol. The number of halogens is 3. The highest BCUT2D eigenvalue weighted by Gasteiger charge is 2.33. The molecule has 0 bridgehead atoms. The molecule has 9 heteroatoms. The standard InChI is InChI=1S/C12H18F3N5O/c13-12(14,15)9-5-10(19-11(18-9)20-16)17-6-7-2-1-3-8(21)4-7/h5,7-8,21H,1-4,6,16H2,(H2,17,18,19,20). The van der Waals surface area contributed by atoms with E-state index in [0.717, 1.165) is 25.3 Å². The van der Waals surface area contributed by atoms with Gasteiger partial charge in [0.05, 0.1) is 6.10 Å². The molecule has 21 heavy (non-hydrogen) atoms. The van der Waals surface area contributed by atoms with Gasteiger partial charge in [0.15, 0.2) is 5.69 Å². The smallest absolute Gasteiger partial charge is 0.393 e. The van der Waals surface area contributed by atoms with E-state index in [9.17, 15) is 18.3 Å². The van der Waals surface area contributed by atoms with Gasteiger partial charge in [-0.1, -0.05) is 6.42 Å². The van der Waals surface area contributed by atoms with Crippen molar-refractivity contribution in [3.63, 3.8) is 0 Å². The van der Waals surface area contributed by atoms with Gasteiger partial charge in [0.2, 0.25) is 5.95 Å². The van der Waals surface area contributed by atoms with Crippen molar-refractivity contribution in [2.24, 2.45) is 11.8 Å². The number of aliphatic hydroxyl groups excluding tert-OH is 1. The molecular weight excluding hydrogens is 287 g/mol. The number of nitrogens with two attached hydrogens (primary N) is 1. The highest BCUT2D eigenvalue weighted by atomic mass is 19.4. The summed E-state index contributed by atoms with van der Waals surface area (Å²) in [6.07, 6.45) is -1.62. The van der Waals surface area contributed by atoms with Crippen LogP contribution in [0.1, 0.15) is 31.4 Å². The molecule has 0 saturated heterocycles. The normalized spacial score (nSPS) is 22.9. The van der Waals surface area contributed by atoms with Crippen LogP contribution in [0.2, 0.25) is 0 Å². The molecule has 1 fully saturated rings. The quantitative estimate of drug-likeness (QED) is 0.500. The zero-order valence-corrected chi connectivity index (χ0v) is 11.3. The Morgan fingerprint density at radius 1 is 1.33 bits per heavy atom. The maximum atomic E-state index is 12.7. The fourth-order valence-corrected chi connectivity index (χ4v) is 2.44. The fourth-order valence-electron chi connectivity index (χ4n) is 2.44. The van der Waals surface area contributed by atoms with Crippen LogP contribution in [0.25, 0.3) is 0 Å². The molecule has 1 aromatic rings. The summed E-state index contributed by atoms with van der Waals surface area (Å²) in [6.45, 7) is 0.454. The summed E-state index contributed by atoms with van der Waals surface area (Å²) >= 11 is 0. The molecule has 5 N–H and O–H groups in total. The Morgan fingerprint density at radius 3 is 2.71 bits per heavy atom. The minimum atomic E-state index is -4.56. The van der Waals surface area contributed by atoms with Crippen LogP contribution in [0.5, 0.6) is 0 Å². The Hall–Kier alpha value is -1.61. The van der Waals surface area contributed by atoms with Crippen molar-refractivity contribution in [3.8, 4) is 0 Å². The number of aromatic nitrogens is 2. The average Bonchev–Trinajstić information content (AvgIpc) is 2.44. The molecule has 2 atom stereocenters. The second kappa shape index (κ2) is 6.44. The van der Waals surface area contributed by atoms with Crippen molar-refractivity contribution < 1.29 is 18.3 Å². The van der Waals surface area contributed by atoms with E-state index in [-0.39, 0.29) is 23.8 Å². The number of nitrogen functional groups attached to an aromatic ring is 1. The molecule has 0 radical (unpaired) electrons. The predicted octanol–water partition coefficient (Wildman–Crippen LogP) is 1.74. The summed E-state index contributed by atoms with van der Waals surface area (Å²) in [4.78, 5) is 7.13. The number of alkyl halides is 3. The highest BCUT2D eigenvalue weighted by Crippen LogP contribution is 2.30. The van der Waals surface area contributed by atoms with Crippen molar-refractivity contribution in [2.45, 2.75) is 38.0 Å². The molecule has 0 amide bonds. The van der Waals surface area contributed by atoms with Crippen molar-refractivity contribution in [1.29, 1.82) is 0 Å². The van der Waals surface area contributed by atoms with E-state index in [1.807, 2.05) is 5.43 Å². The van der Waals surface area contributed by atoms with Gasteiger partial charge >= 0.3 is 6.18 Å². The maximum absolute atomic E-state index is 12.7. The second-order valence-electron chi connectivity index (χ2n) is 5.17. The van der Waals surface area contributed by atoms with E-state index in [1.54, 1.807) is 0 Å². The molecule has 1 aromatic heterocycles. The van der Waals surface area contributed by atoms with Crippen LogP contribution in [-0.4, -0.2) is 27.7 Å². The molecule has 1 heterocycles. The molecule has 2 rings (SSSR count). The average molecular weight is 305 g/mol. The Kier molecular flexibility index (Phi) is 4.84. The molecule has 6 nitrogen and oxygen atoms in total. The molecule has 0 aliphatic heterocycles. The first kappa shape index (κ1) is 15.8. The lowest BCUT2D eigenvalue weighted by atomic mass is 9.87. The zero-order chi connectivity index (χ0) is 15.5. The van der Waals surface area contributed by atoms with Crippen LogP contribution >= 0.6 is 0 Å². The molecule has 118 valence electrons. The van der Waals surface area contributed by atoms with Gasteiger partial charge in [-0.05, 0) is 25.2 Å². The van der Waals surface area contributed by atoms with Crippen molar-refractivity contribution in [2.75, 3.05) is 17.3 Å². The number of hydrogen-bond acceptors (Lipinski definition) is 6. The Morgan fingerprint density at radius 2 is 2.10 bits per heavy atom. The zero-order valence-electron chi connectivity index (χ0n) is 11.3. The van der Waals surface area contributed by atoms with Crippen LogP contribution in [-0.2, 0) is 6.18 Å². The van der Waals surface area contributed by atoms with Crippen LogP contribution in [0.3, 0.4) is 0 Å². The van der Waals surface area contributed by atoms with Crippen LogP contribution < -0.4 is 16.6 Å². The van der Waals surface area contributed by atoms with E-state index < -0.39 is 11.9 Å². The first-order chi connectivity index (χ1) is 9.88. The lowest BCUT2D eigenvalue weighted by Crippen LogP contribution is -2.25. The summed E-state index contributed by atoms with van der Waals surface area (Å²) in [7, 11) is 0. The summed E-state index contributed by atoms with van der Waals surface area (Å²) in [5.74, 6) is 5.07. The van der Waals surface area contributed by atoms with E-state index >= 15 is 0 Å². The van der Waals surface area contributed by atoms with Crippen molar-refractivity contribution in [1.82, 2.24) is 9.97 Å². The fraction of sp³-hybridized carbons (Fsp3) is 0.667. The number of hydrazine groups is 1. The molecule has 1 aliphatic carbocycles. The lowest BCUT2D eigenvalue weighted by Gasteiger charge is -2.26. The van der Waals surface area contributed by atoms with Crippen LogP contribution in [0.15, 0.2) is 6.07 Å². The summed E-state index contributed by atoms with van der Waals surface area (Å²) in [5, 5.41) is 12.4.